The summed E-state index contributed by atoms with van der Waals surface area (Å²) < 4.78 is 8.46. The van der Waals surface area contributed by atoms with Gasteiger partial charge in [0.15, 0.2) is 21.9 Å². The number of esters is 1. The van der Waals surface area contributed by atoms with Crippen molar-refractivity contribution >= 4 is 45.5 Å². The number of anilines is 1. The van der Waals surface area contributed by atoms with Crippen LogP contribution in [0.2, 0.25) is 5.15 Å². The van der Waals surface area contributed by atoms with Crippen molar-refractivity contribution in [2.45, 2.75) is 26.9 Å². The lowest BCUT2D eigenvalue weighted by Gasteiger charge is -2.13. The van der Waals surface area contributed by atoms with Crippen LogP contribution in [0.1, 0.15) is 28.8 Å². The third-order valence-corrected chi connectivity index (χ3v) is 4.84. The number of aromatic nitrogens is 4. The Labute approximate surface area is 152 Å². The molecule has 1 amide bonds. The molecule has 0 fully saturated rings. The summed E-state index contributed by atoms with van der Waals surface area (Å²) in [6.07, 6.45) is 0.662. The number of hydrogen-bond acceptors (Lipinski definition) is 6. The van der Waals surface area contributed by atoms with Gasteiger partial charge >= 0.3 is 5.97 Å². The molecular formula is C15H16ClN5O3S. The number of hydrogen-bond donors (Lipinski definition) is 1. The lowest BCUT2D eigenvalue weighted by molar-refractivity contribution is -0.123. The third-order valence-electron chi connectivity index (χ3n) is 3.82. The lowest BCUT2D eigenvalue weighted by atomic mass is 10.3. The Morgan fingerprint density at radius 3 is 2.76 bits per heavy atom. The molecule has 0 aliphatic carbocycles. The number of nitrogens with one attached hydrogen (secondary N) is 1. The van der Waals surface area contributed by atoms with Gasteiger partial charge in [0.05, 0.1) is 17.1 Å². The minimum absolute atomic E-state index is 0.0448. The number of ether oxygens (including phenoxy) is 1. The molecule has 0 aliphatic heterocycles. The van der Waals surface area contributed by atoms with Gasteiger partial charge in [0.25, 0.3) is 5.91 Å². The smallest absolute Gasteiger partial charge is 0.359 e. The van der Waals surface area contributed by atoms with Gasteiger partial charge in [-0.3, -0.25) is 13.9 Å². The van der Waals surface area contributed by atoms with Crippen LogP contribution in [0, 0.1) is 13.8 Å². The van der Waals surface area contributed by atoms with Crippen molar-refractivity contribution in [1.29, 1.82) is 0 Å². The summed E-state index contributed by atoms with van der Waals surface area (Å²) in [5.74, 6) is -1.16. The fourth-order valence-electron chi connectivity index (χ4n) is 2.39. The quantitative estimate of drug-likeness (QED) is 0.701. The monoisotopic (exact) mass is 381 g/mol. The zero-order chi connectivity index (χ0) is 18.3. The molecule has 0 bridgehead atoms. The molecule has 3 rings (SSSR count). The van der Waals surface area contributed by atoms with Gasteiger partial charge in [0, 0.05) is 18.6 Å². The minimum Gasteiger partial charge on any atom is -0.448 e. The summed E-state index contributed by atoms with van der Waals surface area (Å²) in [6.45, 7) is 5.12. The zero-order valence-electron chi connectivity index (χ0n) is 14.0. The van der Waals surface area contributed by atoms with Crippen LogP contribution in [0.25, 0.3) is 4.96 Å². The fraction of sp³-hybridized carbons (Fsp3) is 0.333. The van der Waals surface area contributed by atoms with E-state index in [1.54, 1.807) is 30.2 Å². The Hall–Kier alpha value is -2.39. The molecule has 8 nitrogen and oxygen atoms in total. The zero-order valence-corrected chi connectivity index (χ0v) is 15.6. The van der Waals surface area contributed by atoms with Crippen LogP contribution in [0.4, 0.5) is 5.69 Å². The summed E-state index contributed by atoms with van der Waals surface area (Å²) in [4.78, 5) is 29.4. The molecule has 0 radical (unpaired) electrons. The van der Waals surface area contributed by atoms with Crippen molar-refractivity contribution in [2.24, 2.45) is 7.05 Å². The van der Waals surface area contributed by atoms with E-state index >= 15 is 0 Å². The molecule has 0 saturated carbocycles. The molecule has 1 atom stereocenters. The van der Waals surface area contributed by atoms with Crippen LogP contribution >= 0.6 is 22.9 Å². The van der Waals surface area contributed by atoms with E-state index in [4.69, 9.17) is 16.3 Å². The van der Waals surface area contributed by atoms with Crippen LogP contribution < -0.4 is 5.32 Å². The number of aryl methyl sites for hydroxylation is 2. The van der Waals surface area contributed by atoms with E-state index in [2.05, 4.69) is 15.4 Å². The summed E-state index contributed by atoms with van der Waals surface area (Å²) in [6, 6.07) is 0. The number of carbonyl (C=O) groups excluding carboxylic acids is 2. The molecule has 25 heavy (non-hydrogen) atoms. The number of nitrogens with zero attached hydrogens (tertiary/aromatic N) is 4. The Kier molecular flexibility index (Phi) is 4.53. The van der Waals surface area contributed by atoms with Crippen LogP contribution in [-0.2, 0) is 16.6 Å². The largest absolute Gasteiger partial charge is 0.448 e. The third kappa shape index (κ3) is 3.12. The van der Waals surface area contributed by atoms with E-state index in [0.717, 1.165) is 5.69 Å². The highest BCUT2D eigenvalue weighted by Gasteiger charge is 2.26. The van der Waals surface area contributed by atoms with Gasteiger partial charge in [-0.25, -0.2) is 9.78 Å². The highest BCUT2D eigenvalue weighted by atomic mass is 35.5. The second kappa shape index (κ2) is 6.49. The number of thiazole rings is 1. The predicted molar refractivity (Wildman–Crippen MR) is 94.3 cm³/mol. The van der Waals surface area contributed by atoms with Gasteiger partial charge in [-0.05, 0) is 20.8 Å². The van der Waals surface area contributed by atoms with E-state index in [1.165, 1.54) is 22.7 Å². The number of halogens is 1. The highest BCUT2D eigenvalue weighted by molar-refractivity contribution is 7.15. The van der Waals surface area contributed by atoms with Gasteiger partial charge in [-0.2, -0.15) is 5.10 Å². The Balaban J connectivity index is 1.74. The molecule has 0 unspecified atom stereocenters. The van der Waals surface area contributed by atoms with E-state index in [9.17, 15) is 9.59 Å². The second-order valence-corrected chi connectivity index (χ2v) is 6.74. The van der Waals surface area contributed by atoms with Crippen LogP contribution in [0.15, 0.2) is 11.6 Å². The lowest BCUT2D eigenvalue weighted by Crippen LogP contribution is -2.30. The number of imidazole rings is 1. The molecule has 132 valence electrons. The maximum atomic E-state index is 12.4. The van der Waals surface area contributed by atoms with E-state index < -0.39 is 18.0 Å². The standard InChI is InChI=1S/C15H16ClN5O3S/c1-7-10(8(2)20(4)19-7)17-13(22)9(3)24-14(23)11-12(16)18-15-21(11)5-6-25-15/h5-6,9H,1-4H3,(H,17,22)/t9-/m0/s1. The first-order chi connectivity index (χ1) is 11.8. The normalized spacial score (nSPS) is 12.4. The molecule has 3 heterocycles. The van der Waals surface area contributed by atoms with Gasteiger partial charge in [0.1, 0.15) is 0 Å². The van der Waals surface area contributed by atoms with E-state index in [0.29, 0.717) is 16.3 Å². The molecule has 3 aromatic rings. The summed E-state index contributed by atoms with van der Waals surface area (Å²) in [5, 5.41) is 8.80. The van der Waals surface area contributed by atoms with Crippen molar-refractivity contribution in [3.05, 3.63) is 33.8 Å². The van der Waals surface area contributed by atoms with Crippen molar-refractivity contribution in [2.75, 3.05) is 5.32 Å². The Morgan fingerprint density at radius 2 is 2.12 bits per heavy atom. The van der Waals surface area contributed by atoms with Crippen LogP contribution in [0.3, 0.4) is 0 Å². The van der Waals surface area contributed by atoms with Gasteiger partial charge in [-0.1, -0.05) is 11.6 Å². The van der Waals surface area contributed by atoms with Gasteiger partial charge in [-0.15, -0.1) is 11.3 Å². The minimum atomic E-state index is -1.01. The van der Waals surface area contributed by atoms with Gasteiger partial charge in [0.2, 0.25) is 0 Å². The molecule has 3 aromatic heterocycles. The molecule has 0 aliphatic rings. The Bertz CT molecular complexity index is 974. The molecule has 1 N–H and O–H groups in total. The summed E-state index contributed by atoms with van der Waals surface area (Å²) in [5.41, 5.74) is 2.21. The molecule has 0 spiro atoms. The van der Waals surface area contributed by atoms with Gasteiger partial charge < -0.3 is 10.1 Å². The predicted octanol–water partition coefficient (Wildman–Crippen LogP) is 2.58. The molecule has 10 heteroatoms. The number of fused-ring (bicyclic) bond motifs is 1. The van der Waals surface area contributed by atoms with E-state index in [-0.39, 0.29) is 10.8 Å². The average Bonchev–Trinajstić information content (AvgIpc) is 3.16. The van der Waals surface area contributed by atoms with Crippen LogP contribution in [0.5, 0.6) is 0 Å². The van der Waals surface area contributed by atoms with Crippen LogP contribution in [-0.4, -0.2) is 37.1 Å². The first kappa shape index (κ1) is 17.4. The number of rotatable bonds is 4. The summed E-state index contributed by atoms with van der Waals surface area (Å²) in [7, 11) is 1.79. The number of amides is 1. The molecule has 0 saturated heterocycles. The maximum Gasteiger partial charge on any atom is 0.359 e. The highest BCUT2D eigenvalue weighted by Crippen LogP contribution is 2.23. The first-order valence-corrected chi connectivity index (χ1v) is 8.68. The number of carbonyl (C=O) groups is 2. The SMILES string of the molecule is Cc1nn(C)c(C)c1NC(=O)[C@H](C)OC(=O)c1c(Cl)nc2sccn12. The van der Waals surface area contributed by atoms with Crippen molar-refractivity contribution in [3.63, 3.8) is 0 Å². The van der Waals surface area contributed by atoms with Crippen molar-refractivity contribution < 1.29 is 14.3 Å². The second-order valence-electron chi connectivity index (χ2n) is 5.51. The maximum absolute atomic E-state index is 12.4. The molecule has 0 aromatic carbocycles. The van der Waals surface area contributed by atoms with Crippen molar-refractivity contribution in [1.82, 2.24) is 19.2 Å². The Morgan fingerprint density at radius 1 is 1.40 bits per heavy atom. The summed E-state index contributed by atoms with van der Waals surface area (Å²) >= 11 is 7.35. The average molecular weight is 382 g/mol. The van der Waals surface area contributed by atoms with E-state index in [1.807, 2.05) is 6.92 Å². The van der Waals surface area contributed by atoms with Crippen molar-refractivity contribution in [3.8, 4) is 0 Å². The topological polar surface area (TPSA) is 90.5 Å². The molecular weight excluding hydrogens is 366 g/mol. The first-order valence-electron chi connectivity index (χ1n) is 7.42. The fourth-order valence-corrected chi connectivity index (χ4v) is 3.40.